The SMILES string of the molecule is Nc1ncnc2c(-c3cccc(Cl)c3Cl)cc(-n3ccnn3)cc12. The Morgan fingerprint density at radius 2 is 1.92 bits per heavy atom. The van der Waals surface area contributed by atoms with Gasteiger partial charge < -0.3 is 5.73 Å². The van der Waals surface area contributed by atoms with E-state index in [2.05, 4.69) is 20.3 Å². The van der Waals surface area contributed by atoms with E-state index in [1.807, 2.05) is 24.3 Å². The average Bonchev–Trinajstić information content (AvgIpc) is 3.12. The normalized spacial score (nSPS) is 11.1. The summed E-state index contributed by atoms with van der Waals surface area (Å²) < 4.78 is 1.63. The number of rotatable bonds is 2. The second kappa shape index (κ2) is 5.74. The molecule has 8 heteroatoms. The van der Waals surface area contributed by atoms with E-state index in [9.17, 15) is 0 Å². The number of halogens is 2. The Morgan fingerprint density at radius 3 is 2.71 bits per heavy atom. The molecule has 0 bridgehead atoms. The van der Waals surface area contributed by atoms with Crippen molar-refractivity contribution in [2.24, 2.45) is 0 Å². The molecule has 0 spiro atoms. The molecule has 24 heavy (non-hydrogen) atoms. The highest BCUT2D eigenvalue weighted by atomic mass is 35.5. The van der Waals surface area contributed by atoms with Crippen molar-refractivity contribution in [3.05, 3.63) is 59.1 Å². The number of benzene rings is 2. The lowest BCUT2D eigenvalue weighted by atomic mass is 10.0. The van der Waals surface area contributed by atoms with Gasteiger partial charge in [0.25, 0.3) is 0 Å². The Kier molecular flexibility index (Phi) is 3.55. The Morgan fingerprint density at radius 1 is 1.04 bits per heavy atom. The van der Waals surface area contributed by atoms with E-state index in [0.29, 0.717) is 26.8 Å². The van der Waals surface area contributed by atoms with Gasteiger partial charge in [0.2, 0.25) is 0 Å². The van der Waals surface area contributed by atoms with Gasteiger partial charge in [0.05, 0.1) is 33.6 Å². The van der Waals surface area contributed by atoms with E-state index in [4.69, 9.17) is 28.9 Å². The van der Waals surface area contributed by atoms with Crippen LogP contribution in [0.5, 0.6) is 0 Å². The third kappa shape index (κ3) is 2.36. The molecule has 0 unspecified atom stereocenters. The minimum atomic E-state index is 0.376. The van der Waals surface area contributed by atoms with Crippen LogP contribution in [-0.4, -0.2) is 25.0 Å². The number of nitrogens with zero attached hydrogens (tertiary/aromatic N) is 5. The molecule has 0 amide bonds. The van der Waals surface area contributed by atoms with Crippen molar-refractivity contribution in [3.8, 4) is 16.8 Å². The summed E-state index contributed by atoms with van der Waals surface area (Å²) in [6.07, 6.45) is 4.76. The number of hydrogen-bond donors (Lipinski definition) is 1. The third-order valence-corrected chi connectivity index (χ3v) is 4.50. The van der Waals surface area contributed by atoms with Crippen LogP contribution in [0.4, 0.5) is 5.82 Å². The van der Waals surface area contributed by atoms with Gasteiger partial charge in [-0.05, 0) is 18.2 Å². The van der Waals surface area contributed by atoms with Gasteiger partial charge >= 0.3 is 0 Å². The van der Waals surface area contributed by atoms with Gasteiger partial charge in [-0.25, -0.2) is 14.6 Å². The fraction of sp³-hybridized carbons (Fsp3) is 0. The van der Waals surface area contributed by atoms with Crippen LogP contribution >= 0.6 is 23.2 Å². The summed E-state index contributed by atoms with van der Waals surface area (Å²) >= 11 is 12.6. The molecule has 6 nitrogen and oxygen atoms in total. The topological polar surface area (TPSA) is 82.5 Å². The predicted octanol–water partition coefficient (Wildman–Crippen LogP) is 3.77. The summed E-state index contributed by atoms with van der Waals surface area (Å²) in [6.45, 7) is 0. The molecule has 118 valence electrons. The molecule has 2 aromatic carbocycles. The Bertz CT molecular complexity index is 1050. The zero-order valence-electron chi connectivity index (χ0n) is 12.2. The van der Waals surface area contributed by atoms with Crippen LogP contribution in [0.1, 0.15) is 0 Å². The summed E-state index contributed by atoms with van der Waals surface area (Å²) in [7, 11) is 0. The minimum Gasteiger partial charge on any atom is -0.383 e. The van der Waals surface area contributed by atoms with Crippen molar-refractivity contribution in [2.75, 3.05) is 5.73 Å². The van der Waals surface area contributed by atoms with Crippen LogP contribution in [-0.2, 0) is 0 Å². The fourth-order valence-electron chi connectivity index (χ4n) is 2.57. The molecule has 0 fully saturated rings. The molecule has 0 aliphatic carbocycles. The van der Waals surface area contributed by atoms with Crippen molar-refractivity contribution in [1.29, 1.82) is 0 Å². The van der Waals surface area contributed by atoms with Gasteiger partial charge in [0, 0.05) is 16.5 Å². The molecule has 2 heterocycles. The molecule has 2 aromatic heterocycles. The zero-order chi connectivity index (χ0) is 16.7. The van der Waals surface area contributed by atoms with Crippen molar-refractivity contribution in [1.82, 2.24) is 25.0 Å². The highest BCUT2D eigenvalue weighted by molar-refractivity contribution is 6.44. The molecule has 0 aliphatic rings. The molecular weight excluding hydrogens is 347 g/mol. The van der Waals surface area contributed by atoms with Gasteiger partial charge in [0.15, 0.2) is 0 Å². The van der Waals surface area contributed by atoms with Crippen molar-refractivity contribution >= 4 is 39.9 Å². The number of aromatic nitrogens is 5. The fourth-order valence-corrected chi connectivity index (χ4v) is 2.97. The van der Waals surface area contributed by atoms with Crippen molar-refractivity contribution in [3.63, 3.8) is 0 Å². The van der Waals surface area contributed by atoms with Crippen LogP contribution in [0.25, 0.3) is 27.7 Å². The largest absolute Gasteiger partial charge is 0.383 e. The summed E-state index contributed by atoms with van der Waals surface area (Å²) in [4.78, 5) is 8.44. The maximum Gasteiger partial charge on any atom is 0.134 e. The second-order valence-electron chi connectivity index (χ2n) is 5.10. The van der Waals surface area contributed by atoms with E-state index >= 15 is 0 Å². The molecule has 0 saturated heterocycles. The molecule has 4 rings (SSSR count). The highest BCUT2D eigenvalue weighted by Gasteiger charge is 2.15. The Labute approximate surface area is 146 Å². The van der Waals surface area contributed by atoms with E-state index in [1.54, 1.807) is 23.1 Å². The molecule has 4 aromatic rings. The van der Waals surface area contributed by atoms with Crippen LogP contribution in [0.3, 0.4) is 0 Å². The number of hydrogen-bond acceptors (Lipinski definition) is 5. The smallest absolute Gasteiger partial charge is 0.134 e. The monoisotopic (exact) mass is 356 g/mol. The first kappa shape index (κ1) is 14.9. The lowest BCUT2D eigenvalue weighted by molar-refractivity contribution is 0.804. The first-order valence-electron chi connectivity index (χ1n) is 7.00. The lowest BCUT2D eigenvalue weighted by Gasteiger charge is -2.12. The minimum absolute atomic E-state index is 0.376. The first-order valence-corrected chi connectivity index (χ1v) is 7.76. The summed E-state index contributed by atoms with van der Waals surface area (Å²) in [5.41, 5.74) is 9.05. The highest BCUT2D eigenvalue weighted by Crippen LogP contribution is 2.38. The van der Waals surface area contributed by atoms with Crippen LogP contribution < -0.4 is 5.73 Å². The molecule has 0 atom stereocenters. The standard InChI is InChI=1S/C16H10Cl2N6/c17-13-3-1-2-10(14(13)18)11-6-9(24-5-4-22-23-24)7-12-15(11)20-8-21-16(12)19/h1-8H,(H2,19,20,21). The molecular formula is C16H10Cl2N6. The number of fused-ring (bicyclic) bond motifs is 1. The maximum atomic E-state index is 6.40. The number of nitrogen functional groups attached to an aromatic ring is 1. The Hall–Kier alpha value is -2.70. The molecule has 0 aliphatic heterocycles. The van der Waals surface area contributed by atoms with Crippen LogP contribution in [0.15, 0.2) is 49.1 Å². The van der Waals surface area contributed by atoms with Gasteiger partial charge in [-0.2, -0.15) is 0 Å². The molecule has 2 N–H and O–H groups in total. The van der Waals surface area contributed by atoms with E-state index in [-0.39, 0.29) is 0 Å². The number of anilines is 1. The predicted molar refractivity (Wildman–Crippen MR) is 94.3 cm³/mol. The quantitative estimate of drug-likeness (QED) is 0.591. The number of nitrogens with two attached hydrogens (primary N) is 1. The summed E-state index contributed by atoms with van der Waals surface area (Å²) in [6, 6.07) is 9.23. The van der Waals surface area contributed by atoms with Crippen LogP contribution in [0, 0.1) is 0 Å². The zero-order valence-corrected chi connectivity index (χ0v) is 13.7. The van der Waals surface area contributed by atoms with E-state index in [1.165, 1.54) is 6.33 Å². The maximum absolute atomic E-state index is 6.40. The summed E-state index contributed by atoms with van der Waals surface area (Å²) in [5.74, 6) is 0.376. The van der Waals surface area contributed by atoms with E-state index in [0.717, 1.165) is 16.8 Å². The van der Waals surface area contributed by atoms with E-state index < -0.39 is 0 Å². The Balaban J connectivity index is 2.10. The first-order chi connectivity index (χ1) is 11.6. The third-order valence-electron chi connectivity index (χ3n) is 3.68. The van der Waals surface area contributed by atoms with Crippen molar-refractivity contribution in [2.45, 2.75) is 0 Å². The average molecular weight is 357 g/mol. The van der Waals surface area contributed by atoms with Gasteiger partial charge in [0.1, 0.15) is 12.1 Å². The molecule has 0 saturated carbocycles. The van der Waals surface area contributed by atoms with Crippen molar-refractivity contribution < 1.29 is 0 Å². The van der Waals surface area contributed by atoms with Gasteiger partial charge in [-0.15, -0.1) is 5.10 Å². The van der Waals surface area contributed by atoms with Gasteiger partial charge in [-0.1, -0.05) is 40.5 Å². The second-order valence-corrected chi connectivity index (χ2v) is 5.88. The summed E-state index contributed by atoms with van der Waals surface area (Å²) in [5, 5.41) is 9.49. The lowest BCUT2D eigenvalue weighted by Crippen LogP contribution is -2.00. The molecule has 0 radical (unpaired) electrons. The van der Waals surface area contributed by atoms with Gasteiger partial charge in [-0.3, -0.25) is 0 Å². The van der Waals surface area contributed by atoms with Crippen LogP contribution in [0.2, 0.25) is 10.0 Å².